The van der Waals surface area contributed by atoms with Crippen molar-refractivity contribution in [3.8, 4) is 0 Å². The van der Waals surface area contributed by atoms with Crippen molar-refractivity contribution in [3.05, 3.63) is 11.9 Å². The number of aromatic amines is 1. The van der Waals surface area contributed by atoms with Crippen molar-refractivity contribution in [2.45, 2.75) is 38.3 Å². The summed E-state index contributed by atoms with van der Waals surface area (Å²) in [5, 5.41) is 22.3. The average Bonchev–Trinajstić information content (AvgIpc) is 2.92. The fourth-order valence-electron chi connectivity index (χ4n) is 2.35. The van der Waals surface area contributed by atoms with Crippen LogP contribution in [0.2, 0.25) is 0 Å². The largest absolute Gasteiger partial charge is 0.465 e. The number of nitrogens with zero attached hydrogens (tertiary/aromatic N) is 3. The number of amides is 2. The number of carboxylic acid groups (broad SMARTS) is 1. The van der Waals surface area contributed by atoms with Crippen LogP contribution in [-0.2, 0) is 4.79 Å². The van der Waals surface area contributed by atoms with E-state index in [1.807, 2.05) is 0 Å². The number of hydrogen-bond donors (Lipinski definition) is 3. The highest BCUT2D eigenvalue weighted by molar-refractivity contribution is 5.76. The Labute approximate surface area is 110 Å². The second-order valence-electron chi connectivity index (χ2n) is 4.49. The molecule has 2 unspecified atom stereocenters. The number of carbonyl (C=O) groups is 2. The smallest absolute Gasteiger partial charge is 0.408 e. The third-order valence-electron chi connectivity index (χ3n) is 3.32. The lowest BCUT2D eigenvalue weighted by Crippen LogP contribution is -2.56. The van der Waals surface area contributed by atoms with Gasteiger partial charge in [-0.2, -0.15) is 15.4 Å². The van der Waals surface area contributed by atoms with Crippen molar-refractivity contribution in [2.75, 3.05) is 6.54 Å². The highest BCUT2D eigenvalue weighted by Gasteiger charge is 2.37. The minimum atomic E-state index is -1.03. The monoisotopic (exact) mass is 267 g/mol. The molecule has 2 rings (SSSR count). The zero-order valence-electron chi connectivity index (χ0n) is 10.7. The lowest BCUT2D eigenvalue weighted by molar-refractivity contribution is -0.123. The van der Waals surface area contributed by atoms with E-state index >= 15 is 0 Å². The van der Waals surface area contributed by atoms with Crippen molar-refractivity contribution in [1.82, 2.24) is 25.6 Å². The zero-order chi connectivity index (χ0) is 13.8. The molecular weight excluding hydrogens is 250 g/mol. The lowest BCUT2D eigenvalue weighted by atomic mass is 9.91. The standard InChI is InChI=1S/C11H17N5O3/c1-2-9(17)13-10-7(8-6-12-15-14-8)4-3-5-16(10)11(18)19/h6-7,10H,2-5H2,1H3,(H,13,17)(H,18,19)(H,12,14,15). The van der Waals surface area contributed by atoms with E-state index in [1.165, 1.54) is 4.90 Å². The maximum absolute atomic E-state index is 11.6. The van der Waals surface area contributed by atoms with Crippen LogP contribution in [0.15, 0.2) is 6.20 Å². The first kappa shape index (κ1) is 13.3. The van der Waals surface area contributed by atoms with Crippen LogP contribution in [0.4, 0.5) is 4.79 Å². The average molecular weight is 267 g/mol. The molecule has 2 amide bonds. The minimum Gasteiger partial charge on any atom is -0.465 e. The van der Waals surface area contributed by atoms with Crippen LogP contribution < -0.4 is 5.32 Å². The molecule has 2 heterocycles. The molecule has 1 aliphatic heterocycles. The lowest BCUT2D eigenvalue weighted by Gasteiger charge is -2.39. The Morgan fingerprint density at radius 1 is 1.63 bits per heavy atom. The summed E-state index contributed by atoms with van der Waals surface area (Å²) in [6.07, 6.45) is 1.78. The number of aromatic nitrogens is 3. The van der Waals surface area contributed by atoms with Crippen LogP contribution in [0.3, 0.4) is 0 Å². The van der Waals surface area contributed by atoms with Gasteiger partial charge in [-0.3, -0.25) is 9.69 Å². The number of rotatable bonds is 3. The molecular formula is C11H17N5O3. The van der Waals surface area contributed by atoms with Crippen LogP contribution >= 0.6 is 0 Å². The summed E-state index contributed by atoms with van der Waals surface area (Å²) in [7, 11) is 0. The summed E-state index contributed by atoms with van der Waals surface area (Å²) >= 11 is 0. The van der Waals surface area contributed by atoms with E-state index in [-0.39, 0.29) is 11.8 Å². The van der Waals surface area contributed by atoms with Crippen LogP contribution in [-0.4, -0.2) is 50.1 Å². The van der Waals surface area contributed by atoms with E-state index in [9.17, 15) is 14.7 Å². The Bertz CT molecular complexity index is 447. The van der Waals surface area contributed by atoms with Crippen molar-refractivity contribution in [1.29, 1.82) is 0 Å². The summed E-state index contributed by atoms with van der Waals surface area (Å²) in [4.78, 5) is 24.1. The molecule has 8 heteroatoms. The number of hydrogen-bond acceptors (Lipinski definition) is 4. The predicted molar refractivity (Wildman–Crippen MR) is 65.3 cm³/mol. The van der Waals surface area contributed by atoms with E-state index in [1.54, 1.807) is 13.1 Å². The van der Waals surface area contributed by atoms with Crippen LogP contribution in [0.25, 0.3) is 0 Å². The number of likely N-dealkylation sites (tertiary alicyclic amines) is 1. The summed E-state index contributed by atoms with van der Waals surface area (Å²) in [5.41, 5.74) is 0.673. The highest BCUT2D eigenvalue weighted by Crippen LogP contribution is 2.29. The second kappa shape index (κ2) is 5.68. The summed E-state index contributed by atoms with van der Waals surface area (Å²) in [6, 6.07) is 0. The van der Waals surface area contributed by atoms with Gasteiger partial charge >= 0.3 is 6.09 Å². The number of nitrogens with one attached hydrogen (secondary N) is 2. The third-order valence-corrected chi connectivity index (χ3v) is 3.32. The number of carbonyl (C=O) groups excluding carboxylic acids is 1. The van der Waals surface area contributed by atoms with Crippen molar-refractivity contribution in [2.24, 2.45) is 0 Å². The normalized spacial score (nSPS) is 23.1. The fourth-order valence-corrected chi connectivity index (χ4v) is 2.35. The van der Waals surface area contributed by atoms with Crippen LogP contribution in [0.5, 0.6) is 0 Å². The summed E-state index contributed by atoms with van der Waals surface area (Å²) in [5.74, 6) is -0.342. The topological polar surface area (TPSA) is 111 Å². The van der Waals surface area contributed by atoms with E-state index in [0.29, 0.717) is 18.7 Å². The Hall–Kier alpha value is -2.12. The van der Waals surface area contributed by atoms with Gasteiger partial charge in [0.15, 0.2) is 0 Å². The van der Waals surface area contributed by atoms with Gasteiger partial charge in [0.1, 0.15) is 6.17 Å². The van der Waals surface area contributed by atoms with Crippen LogP contribution in [0, 0.1) is 0 Å². The molecule has 1 aliphatic rings. The summed E-state index contributed by atoms with van der Waals surface area (Å²) < 4.78 is 0. The molecule has 0 bridgehead atoms. The first-order valence-corrected chi connectivity index (χ1v) is 6.28. The minimum absolute atomic E-state index is 0.168. The molecule has 2 atom stereocenters. The molecule has 0 radical (unpaired) electrons. The SMILES string of the molecule is CCC(=O)NC1C(c2cn[nH]n2)CCCN1C(=O)O. The van der Waals surface area contributed by atoms with E-state index in [4.69, 9.17) is 0 Å². The Morgan fingerprint density at radius 2 is 2.42 bits per heavy atom. The van der Waals surface area contributed by atoms with E-state index in [0.717, 1.165) is 12.8 Å². The Balaban J connectivity index is 2.23. The zero-order valence-corrected chi connectivity index (χ0v) is 10.7. The molecule has 0 aliphatic carbocycles. The second-order valence-corrected chi connectivity index (χ2v) is 4.49. The molecule has 8 nitrogen and oxygen atoms in total. The van der Waals surface area contributed by atoms with Gasteiger partial charge in [-0.1, -0.05) is 6.92 Å². The van der Waals surface area contributed by atoms with Gasteiger partial charge in [-0.05, 0) is 12.8 Å². The van der Waals surface area contributed by atoms with Crippen molar-refractivity contribution < 1.29 is 14.7 Å². The third kappa shape index (κ3) is 2.83. The maximum Gasteiger partial charge on any atom is 0.408 e. The molecule has 1 aromatic rings. The quantitative estimate of drug-likeness (QED) is 0.739. The molecule has 104 valence electrons. The van der Waals surface area contributed by atoms with Gasteiger partial charge < -0.3 is 10.4 Å². The maximum atomic E-state index is 11.6. The molecule has 0 saturated carbocycles. The molecule has 0 aromatic carbocycles. The van der Waals surface area contributed by atoms with Gasteiger partial charge in [0.05, 0.1) is 11.9 Å². The molecule has 0 spiro atoms. The van der Waals surface area contributed by atoms with Gasteiger partial charge in [0.2, 0.25) is 5.91 Å². The Kier molecular flexibility index (Phi) is 3.98. The van der Waals surface area contributed by atoms with Gasteiger partial charge in [-0.25, -0.2) is 4.79 Å². The van der Waals surface area contributed by atoms with Crippen molar-refractivity contribution >= 4 is 12.0 Å². The predicted octanol–water partition coefficient (Wildman–Crippen LogP) is 0.514. The Morgan fingerprint density at radius 3 is 3.00 bits per heavy atom. The molecule has 19 heavy (non-hydrogen) atoms. The number of piperidine rings is 1. The van der Waals surface area contributed by atoms with E-state index in [2.05, 4.69) is 20.7 Å². The first-order chi connectivity index (χ1) is 9.13. The highest BCUT2D eigenvalue weighted by atomic mass is 16.4. The van der Waals surface area contributed by atoms with Gasteiger partial charge in [-0.15, -0.1) is 0 Å². The number of H-pyrrole nitrogens is 1. The van der Waals surface area contributed by atoms with E-state index < -0.39 is 12.3 Å². The molecule has 1 aromatic heterocycles. The van der Waals surface area contributed by atoms with Gasteiger partial charge in [0, 0.05) is 18.9 Å². The molecule has 1 saturated heterocycles. The molecule has 1 fully saturated rings. The fraction of sp³-hybridized carbons (Fsp3) is 0.636. The first-order valence-electron chi connectivity index (χ1n) is 6.28. The molecule has 3 N–H and O–H groups in total. The van der Waals surface area contributed by atoms with Crippen molar-refractivity contribution in [3.63, 3.8) is 0 Å². The van der Waals surface area contributed by atoms with Gasteiger partial charge in [0.25, 0.3) is 0 Å². The van der Waals surface area contributed by atoms with Crippen LogP contribution in [0.1, 0.15) is 37.8 Å². The summed E-state index contributed by atoms with van der Waals surface area (Å²) in [6.45, 7) is 2.15.